The second-order valence-electron chi connectivity index (χ2n) is 3.98. The van der Waals surface area contributed by atoms with E-state index in [4.69, 9.17) is 0 Å². The molecule has 0 atom stereocenters. The van der Waals surface area contributed by atoms with Crippen LogP contribution in [-0.4, -0.2) is 11.9 Å². The molecule has 2 aromatic rings. The van der Waals surface area contributed by atoms with E-state index in [2.05, 4.69) is 5.32 Å². The Bertz CT molecular complexity index is 694. The first-order valence-corrected chi connectivity index (χ1v) is 6.44. The third-order valence-electron chi connectivity index (χ3n) is 2.55. The van der Waals surface area contributed by atoms with Crippen molar-refractivity contribution >= 4 is 28.9 Å². The van der Waals surface area contributed by atoms with Crippen molar-refractivity contribution in [2.24, 2.45) is 0 Å². The standard InChI is InChI=1S/C13H8F3NO3S/c14-13(15,16)8-3-1-2-7(6-8)11(18)17-9-4-5-21-10(9)12(19)20/h1-6H,(H,17,18)(H,19,20)/p-1. The summed E-state index contributed by atoms with van der Waals surface area (Å²) in [6, 6.07) is 5.18. The van der Waals surface area contributed by atoms with Crippen LogP contribution in [0.15, 0.2) is 35.7 Å². The van der Waals surface area contributed by atoms with Crippen molar-refractivity contribution in [1.29, 1.82) is 0 Å². The molecule has 0 aliphatic heterocycles. The number of nitrogens with one attached hydrogen (secondary N) is 1. The number of halogens is 3. The molecule has 1 aromatic carbocycles. The minimum Gasteiger partial charge on any atom is -0.544 e. The molecule has 1 N–H and O–H groups in total. The fraction of sp³-hybridized carbons (Fsp3) is 0.0769. The highest BCUT2D eigenvalue weighted by atomic mass is 32.1. The van der Waals surface area contributed by atoms with Crippen LogP contribution in [0.4, 0.5) is 18.9 Å². The highest BCUT2D eigenvalue weighted by Crippen LogP contribution is 2.30. The van der Waals surface area contributed by atoms with Gasteiger partial charge in [-0.2, -0.15) is 13.2 Å². The maximum Gasteiger partial charge on any atom is 0.416 e. The molecule has 0 radical (unpaired) electrons. The van der Waals surface area contributed by atoms with Gasteiger partial charge in [-0.25, -0.2) is 0 Å². The van der Waals surface area contributed by atoms with E-state index in [1.54, 1.807) is 0 Å². The molecule has 2 rings (SSSR count). The smallest absolute Gasteiger partial charge is 0.416 e. The van der Waals surface area contributed by atoms with Gasteiger partial charge in [0, 0.05) is 5.56 Å². The molecule has 21 heavy (non-hydrogen) atoms. The van der Waals surface area contributed by atoms with E-state index in [9.17, 15) is 27.9 Å². The van der Waals surface area contributed by atoms with Crippen LogP contribution in [0.2, 0.25) is 0 Å². The van der Waals surface area contributed by atoms with Crippen LogP contribution >= 0.6 is 11.3 Å². The van der Waals surface area contributed by atoms with Crippen molar-refractivity contribution in [3.8, 4) is 0 Å². The van der Waals surface area contributed by atoms with Crippen molar-refractivity contribution in [3.63, 3.8) is 0 Å². The first-order chi connectivity index (χ1) is 9.79. The molecule has 8 heteroatoms. The summed E-state index contributed by atoms with van der Waals surface area (Å²) in [5, 5.41) is 14.5. The molecule has 0 spiro atoms. The summed E-state index contributed by atoms with van der Waals surface area (Å²) in [5.74, 6) is -2.30. The number of aromatic carboxylic acids is 1. The fourth-order valence-corrected chi connectivity index (χ4v) is 2.28. The van der Waals surface area contributed by atoms with Gasteiger partial charge in [-0.15, -0.1) is 11.3 Å². The van der Waals surface area contributed by atoms with Crippen LogP contribution in [0.1, 0.15) is 25.6 Å². The summed E-state index contributed by atoms with van der Waals surface area (Å²) in [6.07, 6.45) is -4.56. The lowest BCUT2D eigenvalue weighted by molar-refractivity contribution is -0.254. The van der Waals surface area contributed by atoms with E-state index >= 15 is 0 Å². The van der Waals surface area contributed by atoms with Crippen molar-refractivity contribution in [2.75, 3.05) is 5.32 Å². The largest absolute Gasteiger partial charge is 0.544 e. The lowest BCUT2D eigenvalue weighted by Crippen LogP contribution is -2.23. The summed E-state index contributed by atoms with van der Waals surface area (Å²) in [6.45, 7) is 0. The lowest BCUT2D eigenvalue weighted by Gasteiger charge is -2.10. The zero-order valence-electron chi connectivity index (χ0n) is 10.2. The molecule has 0 aliphatic rings. The molecule has 1 heterocycles. The van der Waals surface area contributed by atoms with Gasteiger partial charge in [0.1, 0.15) is 0 Å². The Labute approximate surface area is 120 Å². The Morgan fingerprint density at radius 3 is 2.52 bits per heavy atom. The second kappa shape index (κ2) is 5.57. The molecule has 0 aliphatic carbocycles. The Morgan fingerprint density at radius 1 is 1.19 bits per heavy atom. The lowest BCUT2D eigenvalue weighted by atomic mass is 10.1. The van der Waals surface area contributed by atoms with E-state index in [0.29, 0.717) is 6.07 Å². The molecule has 0 saturated heterocycles. The Kier molecular flexibility index (Phi) is 3.99. The third-order valence-corrected chi connectivity index (χ3v) is 3.45. The molecule has 4 nitrogen and oxygen atoms in total. The highest BCUT2D eigenvalue weighted by Gasteiger charge is 2.30. The number of carboxylic acid groups (broad SMARTS) is 1. The number of carbonyl (C=O) groups excluding carboxylic acids is 2. The molecule has 1 aromatic heterocycles. The van der Waals surface area contributed by atoms with Gasteiger partial charge < -0.3 is 15.2 Å². The van der Waals surface area contributed by atoms with Gasteiger partial charge in [-0.1, -0.05) is 6.07 Å². The van der Waals surface area contributed by atoms with Crippen molar-refractivity contribution in [2.45, 2.75) is 6.18 Å². The average molecular weight is 314 g/mol. The van der Waals surface area contributed by atoms with Gasteiger partial charge in [0.05, 0.1) is 22.1 Å². The van der Waals surface area contributed by atoms with E-state index in [0.717, 1.165) is 23.5 Å². The van der Waals surface area contributed by atoms with Crippen LogP contribution in [0, 0.1) is 0 Å². The van der Waals surface area contributed by atoms with Gasteiger partial charge in [0.15, 0.2) is 0 Å². The summed E-state index contributed by atoms with van der Waals surface area (Å²) in [4.78, 5) is 22.5. The number of hydrogen-bond donors (Lipinski definition) is 1. The van der Waals surface area contributed by atoms with Crippen LogP contribution in [0.25, 0.3) is 0 Å². The van der Waals surface area contributed by atoms with Gasteiger partial charge in [0.2, 0.25) is 0 Å². The molecule has 1 amide bonds. The van der Waals surface area contributed by atoms with Crippen molar-refractivity contribution in [3.05, 3.63) is 51.7 Å². The monoisotopic (exact) mass is 314 g/mol. The SMILES string of the molecule is O=C(Nc1ccsc1C(=O)[O-])c1cccc(C(F)(F)F)c1. The maximum atomic E-state index is 12.6. The zero-order chi connectivity index (χ0) is 15.6. The summed E-state index contributed by atoms with van der Waals surface area (Å²) in [5.41, 5.74) is -1.19. The average Bonchev–Trinajstić information content (AvgIpc) is 2.86. The maximum absolute atomic E-state index is 12.6. The highest BCUT2D eigenvalue weighted by molar-refractivity contribution is 7.12. The van der Waals surface area contributed by atoms with Crippen LogP contribution in [0.5, 0.6) is 0 Å². The number of carboxylic acids is 1. The van der Waals surface area contributed by atoms with Crippen molar-refractivity contribution in [1.82, 2.24) is 0 Å². The van der Waals surface area contributed by atoms with Gasteiger partial charge in [-0.3, -0.25) is 4.79 Å². The number of thiophene rings is 1. The van der Waals surface area contributed by atoms with E-state index in [1.165, 1.54) is 17.5 Å². The number of amides is 1. The molecule has 0 fully saturated rings. The Morgan fingerprint density at radius 2 is 1.90 bits per heavy atom. The van der Waals surface area contributed by atoms with E-state index in [-0.39, 0.29) is 16.1 Å². The van der Waals surface area contributed by atoms with Gasteiger partial charge in [0.25, 0.3) is 5.91 Å². The number of hydrogen-bond acceptors (Lipinski definition) is 4. The number of carbonyl (C=O) groups is 2. The Balaban J connectivity index is 2.25. The van der Waals surface area contributed by atoms with Gasteiger partial charge >= 0.3 is 6.18 Å². The fourth-order valence-electron chi connectivity index (χ4n) is 1.60. The molecular formula is C13H7F3NO3S-. The number of benzene rings is 1. The molecule has 0 bridgehead atoms. The van der Waals surface area contributed by atoms with E-state index in [1.807, 2.05) is 0 Å². The van der Waals surface area contributed by atoms with E-state index < -0.39 is 23.6 Å². The minimum absolute atomic E-state index is 0.0117. The summed E-state index contributed by atoms with van der Waals surface area (Å²) < 4.78 is 37.7. The quantitative estimate of drug-likeness (QED) is 0.945. The van der Waals surface area contributed by atoms with Gasteiger partial charge in [-0.05, 0) is 29.6 Å². The third kappa shape index (κ3) is 3.40. The number of anilines is 1. The topological polar surface area (TPSA) is 69.2 Å². The predicted molar refractivity (Wildman–Crippen MR) is 68.0 cm³/mol. The molecule has 0 unspecified atom stereocenters. The Hall–Kier alpha value is -2.35. The van der Waals surface area contributed by atoms with Crippen LogP contribution in [-0.2, 0) is 6.18 Å². The molecule has 110 valence electrons. The first kappa shape index (κ1) is 15.0. The normalized spacial score (nSPS) is 11.2. The molecule has 0 saturated carbocycles. The van der Waals surface area contributed by atoms with Crippen LogP contribution < -0.4 is 10.4 Å². The first-order valence-electron chi connectivity index (χ1n) is 5.56. The summed E-state index contributed by atoms with van der Waals surface area (Å²) >= 11 is 0.845. The number of alkyl halides is 3. The van der Waals surface area contributed by atoms with Crippen molar-refractivity contribution < 1.29 is 27.9 Å². The number of rotatable bonds is 3. The predicted octanol–water partition coefficient (Wildman–Crippen LogP) is 2.38. The molecular weight excluding hydrogens is 307 g/mol. The second-order valence-corrected chi connectivity index (χ2v) is 4.90. The van der Waals surface area contributed by atoms with Crippen LogP contribution in [0.3, 0.4) is 0 Å². The summed E-state index contributed by atoms with van der Waals surface area (Å²) in [7, 11) is 0. The zero-order valence-corrected chi connectivity index (χ0v) is 11.0. The minimum atomic E-state index is -4.56.